The van der Waals surface area contributed by atoms with Crippen molar-refractivity contribution in [3.8, 4) is 0 Å². The second kappa shape index (κ2) is 6.53. The number of nitrogens with zero attached hydrogens (tertiary/aromatic N) is 2. The summed E-state index contributed by atoms with van der Waals surface area (Å²) < 4.78 is 0. The Hall–Kier alpha value is -0.930. The summed E-state index contributed by atoms with van der Waals surface area (Å²) in [6.45, 7) is 7.10. The fourth-order valence-corrected chi connectivity index (χ4v) is 1.60. The first-order valence-corrected chi connectivity index (χ1v) is 5.61. The molecule has 1 unspecified atom stereocenters. The maximum absolute atomic E-state index is 5.62. The monoisotopic (exact) mass is 207 g/mol. The summed E-state index contributed by atoms with van der Waals surface area (Å²) in [5.74, 6) is 0. The van der Waals surface area contributed by atoms with Gasteiger partial charge in [-0.15, -0.1) is 0 Å². The molecule has 1 heterocycles. The van der Waals surface area contributed by atoms with Gasteiger partial charge in [-0.25, -0.2) is 0 Å². The highest BCUT2D eigenvalue weighted by molar-refractivity contribution is 5.09. The molecule has 0 aliphatic carbocycles. The molecule has 0 bridgehead atoms. The average molecular weight is 207 g/mol. The first-order chi connectivity index (χ1) is 7.27. The Morgan fingerprint density at radius 2 is 2.07 bits per heavy atom. The average Bonchev–Trinajstić information content (AvgIpc) is 2.29. The lowest BCUT2D eigenvalue weighted by Gasteiger charge is -2.27. The Balaban J connectivity index is 2.58. The van der Waals surface area contributed by atoms with Crippen LogP contribution in [0.4, 0.5) is 0 Å². The van der Waals surface area contributed by atoms with Crippen molar-refractivity contribution in [3.63, 3.8) is 0 Å². The Bertz CT molecular complexity index is 261. The number of hydrogen-bond donors (Lipinski definition) is 1. The van der Waals surface area contributed by atoms with Gasteiger partial charge in [0, 0.05) is 38.1 Å². The summed E-state index contributed by atoms with van der Waals surface area (Å²) in [5.41, 5.74) is 6.93. The Morgan fingerprint density at radius 3 is 2.60 bits per heavy atom. The van der Waals surface area contributed by atoms with E-state index in [1.807, 2.05) is 12.4 Å². The van der Waals surface area contributed by atoms with Crippen LogP contribution in [0.25, 0.3) is 0 Å². The van der Waals surface area contributed by atoms with Gasteiger partial charge in [0.2, 0.25) is 0 Å². The van der Waals surface area contributed by atoms with E-state index in [9.17, 15) is 0 Å². The van der Waals surface area contributed by atoms with Crippen molar-refractivity contribution in [1.82, 2.24) is 9.88 Å². The molecule has 0 spiro atoms. The minimum Gasteiger partial charge on any atom is -0.329 e. The molecule has 0 saturated heterocycles. The zero-order valence-corrected chi connectivity index (χ0v) is 9.69. The highest BCUT2D eigenvalue weighted by Gasteiger charge is 2.11. The fraction of sp³-hybridized carbons (Fsp3) is 0.583. The lowest BCUT2D eigenvalue weighted by atomic mass is 10.2. The predicted molar refractivity (Wildman–Crippen MR) is 63.5 cm³/mol. The van der Waals surface area contributed by atoms with Crippen LogP contribution in [-0.4, -0.2) is 29.0 Å². The van der Waals surface area contributed by atoms with E-state index in [1.54, 1.807) is 0 Å². The largest absolute Gasteiger partial charge is 0.329 e. The SMILES string of the molecule is CCC(C)N(CCN)Cc1ccncc1. The zero-order valence-electron chi connectivity index (χ0n) is 9.69. The first kappa shape index (κ1) is 12.1. The topological polar surface area (TPSA) is 42.1 Å². The lowest BCUT2D eigenvalue weighted by molar-refractivity contribution is 0.201. The normalized spacial score (nSPS) is 13.1. The van der Waals surface area contributed by atoms with E-state index in [4.69, 9.17) is 5.73 Å². The van der Waals surface area contributed by atoms with E-state index in [0.29, 0.717) is 6.04 Å². The third kappa shape index (κ3) is 3.98. The van der Waals surface area contributed by atoms with Gasteiger partial charge in [-0.3, -0.25) is 9.88 Å². The summed E-state index contributed by atoms with van der Waals surface area (Å²) in [6, 6.07) is 4.71. The minimum atomic E-state index is 0.585. The summed E-state index contributed by atoms with van der Waals surface area (Å²) in [5, 5.41) is 0. The highest BCUT2D eigenvalue weighted by Crippen LogP contribution is 2.08. The molecule has 0 aromatic carbocycles. The first-order valence-electron chi connectivity index (χ1n) is 5.61. The summed E-state index contributed by atoms with van der Waals surface area (Å²) in [6.07, 6.45) is 4.84. The van der Waals surface area contributed by atoms with Crippen molar-refractivity contribution in [2.45, 2.75) is 32.9 Å². The van der Waals surface area contributed by atoms with E-state index >= 15 is 0 Å². The van der Waals surface area contributed by atoms with Crippen molar-refractivity contribution < 1.29 is 0 Å². The summed E-state index contributed by atoms with van der Waals surface area (Å²) in [4.78, 5) is 6.43. The van der Waals surface area contributed by atoms with Gasteiger partial charge in [0.25, 0.3) is 0 Å². The molecule has 3 heteroatoms. The molecule has 1 aromatic heterocycles. The van der Waals surface area contributed by atoms with E-state index < -0.39 is 0 Å². The number of rotatable bonds is 6. The van der Waals surface area contributed by atoms with Crippen LogP contribution in [0.15, 0.2) is 24.5 Å². The molecular weight excluding hydrogens is 186 g/mol. The Morgan fingerprint density at radius 1 is 1.40 bits per heavy atom. The number of nitrogens with two attached hydrogens (primary N) is 1. The van der Waals surface area contributed by atoms with Gasteiger partial charge in [0.1, 0.15) is 0 Å². The molecule has 84 valence electrons. The third-order valence-corrected chi connectivity index (χ3v) is 2.77. The predicted octanol–water partition coefficient (Wildman–Crippen LogP) is 1.64. The van der Waals surface area contributed by atoms with Crippen LogP contribution < -0.4 is 5.73 Å². The van der Waals surface area contributed by atoms with Crippen molar-refractivity contribution in [2.75, 3.05) is 13.1 Å². The van der Waals surface area contributed by atoms with E-state index in [-0.39, 0.29) is 0 Å². The molecule has 1 atom stereocenters. The van der Waals surface area contributed by atoms with Gasteiger partial charge in [-0.05, 0) is 31.0 Å². The van der Waals surface area contributed by atoms with Crippen molar-refractivity contribution in [2.24, 2.45) is 5.73 Å². The van der Waals surface area contributed by atoms with Gasteiger partial charge in [0.15, 0.2) is 0 Å². The number of aromatic nitrogens is 1. The molecular formula is C12H21N3. The number of pyridine rings is 1. The van der Waals surface area contributed by atoms with Crippen LogP contribution in [-0.2, 0) is 6.54 Å². The molecule has 0 radical (unpaired) electrons. The molecule has 0 amide bonds. The Labute approximate surface area is 92.3 Å². The quantitative estimate of drug-likeness (QED) is 0.771. The van der Waals surface area contributed by atoms with E-state index in [0.717, 1.165) is 26.1 Å². The maximum Gasteiger partial charge on any atom is 0.0271 e. The van der Waals surface area contributed by atoms with Crippen LogP contribution in [0, 0.1) is 0 Å². The van der Waals surface area contributed by atoms with Gasteiger partial charge in [-0.1, -0.05) is 6.92 Å². The van der Waals surface area contributed by atoms with Crippen LogP contribution in [0.5, 0.6) is 0 Å². The van der Waals surface area contributed by atoms with Gasteiger partial charge in [-0.2, -0.15) is 0 Å². The second-order valence-electron chi connectivity index (χ2n) is 3.87. The third-order valence-electron chi connectivity index (χ3n) is 2.77. The molecule has 0 fully saturated rings. The molecule has 1 rings (SSSR count). The zero-order chi connectivity index (χ0) is 11.1. The van der Waals surface area contributed by atoms with Crippen LogP contribution in [0.2, 0.25) is 0 Å². The fourth-order valence-electron chi connectivity index (χ4n) is 1.60. The minimum absolute atomic E-state index is 0.585. The van der Waals surface area contributed by atoms with Crippen molar-refractivity contribution >= 4 is 0 Å². The van der Waals surface area contributed by atoms with Crippen LogP contribution >= 0.6 is 0 Å². The van der Waals surface area contributed by atoms with Crippen molar-refractivity contribution in [3.05, 3.63) is 30.1 Å². The Kier molecular flexibility index (Phi) is 5.29. The van der Waals surface area contributed by atoms with Gasteiger partial charge >= 0.3 is 0 Å². The molecule has 1 aromatic rings. The molecule has 0 saturated carbocycles. The molecule has 3 nitrogen and oxygen atoms in total. The second-order valence-corrected chi connectivity index (χ2v) is 3.87. The lowest BCUT2D eigenvalue weighted by Crippen LogP contribution is -2.36. The number of hydrogen-bond acceptors (Lipinski definition) is 3. The highest BCUT2D eigenvalue weighted by atomic mass is 15.2. The van der Waals surface area contributed by atoms with Crippen LogP contribution in [0.3, 0.4) is 0 Å². The van der Waals surface area contributed by atoms with Gasteiger partial charge in [0.05, 0.1) is 0 Å². The maximum atomic E-state index is 5.62. The molecule has 15 heavy (non-hydrogen) atoms. The molecule has 0 aliphatic heterocycles. The van der Waals surface area contributed by atoms with Crippen LogP contribution in [0.1, 0.15) is 25.8 Å². The van der Waals surface area contributed by atoms with Gasteiger partial charge < -0.3 is 5.73 Å². The van der Waals surface area contributed by atoms with E-state index in [2.05, 4.69) is 35.9 Å². The summed E-state index contributed by atoms with van der Waals surface area (Å²) in [7, 11) is 0. The smallest absolute Gasteiger partial charge is 0.0271 e. The van der Waals surface area contributed by atoms with Crippen molar-refractivity contribution in [1.29, 1.82) is 0 Å². The summed E-state index contributed by atoms with van der Waals surface area (Å²) >= 11 is 0. The molecule has 0 aliphatic rings. The standard InChI is InChI=1S/C12H21N3/c1-3-11(2)15(9-6-13)10-12-4-7-14-8-5-12/h4-5,7-8,11H,3,6,9-10,13H2,1-2H3. The van der Waals surface area contributed by atoms with E-state index in [1.165, 1.54) is 5.56 Å². The molecule has 2 N–H and O–H groups in total.